The molecule has 0 fully saturated rings. The van der Waals surface area contributed by atoms with Crippen LogP contribution in [-0.4, -0.2) is 41.8 Å². The van der Waals surface area contributed by atoms with Crippen LogP contribution in [0.5, 0.6) is 5.75 Å². The normalized spacial score (nSPS) is 12.0. The number of rotatable bonds is 10. The second-order valence-electron chi connectivity index (χ2n) is 5.73. The number of hydrogen-bond donors (Lipinski definition) is 2. The van der Waals surface area contributed by atoms with E-state index in [0.717, 1.165) is 17.9 Å². The van der Waals surface area contributed by atoms with Gasteiger partial charge in [0, 0.05) is 31.0 Å². The third kappa shape index (κ3) is 6.19. The molecule has 0 saturated heterocycles. The van der Waals surface area contributed by atoms with Crippen LogP contribution in [0, 0.1) is 0 Å². The van der Waals surface area contributed by atoms with E-state index in [-0.39, 0.29) is 11.9 Å². The topological polar surface area (TPSA) is 89.3 Å². The van der Waals surface area contributed by atoms with Gasteiger partial charge in [-0.2, -0.15) is 4.98 Å². The summed E-state index contributed by atoms with van der Waals surface area (Å²) in [5.41, 5.74) is 0.849. The molecular formula is C18H26N4O3. The van der Waals surface area contributed by atoms with Crippen molar-refractivity contribution in [1.82, 2.24) is 20.8 Å². The molecular weight excluding hydrogens is 320 g/mol. The summed E-state index contributed by atoms with van der Waals surface area (Å²) in [6.45, 7) is 8.12. The largest absolute Gasteiger partial charge is 0.494 e. The minimum absolute atomic E-state index is 0.0226. The summed E-state index contributed by atoms with van der Waals surface area (Å²) in [7, 11) is 0. The van der Waals surface area contributed by atoms with Gasteiger partial charge < -0.3 is 19.9 Å². The zero-order valence-corrected chi connectivity index (χ0v) is 15.0. The molecule has 0 bridgehead atoms. The molecule has 136 valence electrons. The number of carbonyl (C=O) groups excluding carboxylic acids is 1. The average Bonchev–Trinajstić information content (AvgIpc) is 3.08. The molecule has 25 heavy (non-hydrogen) atoms. The predicted molar refractivity (Wildman–Crippen MR) is 95.4 cm³/mol. The zero-order valence-electron chi connectivity index (χ0n) is 15.0. The van der Waals surface area contributed by atoms with Crippen molar-refractivity contribution in [2.75, 3.05) is 19.7 Å². The summed E-state index contributed by atoms with van der Waals surface area (Å²) < 4.78 is 10.6. The number of likely N-dealkylation sites (N-methyl/N-ethyl adjacent to an activating group) is 1. The standard InChI is InChI=1S/C18H26N4O3/c1-4-19-13(3)12-20-16(23)10-11-17-21-18(22-25-17)14-6-8-15(9-7-14)24-5-2/h6-9,13,19H,4-5,10-12H2,1-3H3,(H,20,23)/t13-/m1/s1. The van der Waals surface area contributed by atoms with Gasteiger partial charge in [0.15, 0.2) is 0 Å². The smallest absolute Gasteiger partial charge is 0.227 e. The Morgan fingerprint density at radius 1 is 1.28 bits per heavy atom. The Hall–Kier alpha value is -2.41. The molecule has 7 nitrogen and oxygen atoms in total. The summed E-state index contributed by atoms with van der Waals surface area (Å²) >= 11 is 0. The molecule has 0 radical (unpaired) electrons. The maximum absolute atomic E-state index is 11.9. The molecule has 7 heteroatoms. The monoisotopic (exact) mass is 346 g/mol. The van der Waals surface area contributed by atoms with Crippen molar-refractivity contribution in [3.05, 3.63) is 30.2 Å². The fourth-order valence-electron chi connectivity index (χ4n) is 2.34. The molecule has 1 aromatic heterocycles. The van der Waals surface area contributed by atoms with Gasteiger partial charge in [0.05, 0.1) is 6.61 Å². The summed E-state index contributed by atoms with van der Waals surface area (Å²) in [6.07, 6.45) is 0.745. The third-order valence-corrected chi connectivity index (χ3v) is 3.62. The molecule has 0 saturated carbocycles. The van der Waals surface area contributed by atoms with Gasteiger partial charge in [0.25, 0.3) is 0 Å². The van der Waals surface area contributed by atoms with E-state index in [1.54, 1.807) is 0 Å². The molecule has 1 atom stereocenters. The van der Waals surface area contributed by atoms with Crippen LogP contribution in [-0.2, 0) is 11.2 Å². The van der Waals surface area contributed by atoms with Crippen LogP contribution in [0.2, 0.25) is 0 Å². The number of hydrogen-bond acceptors (Lipinski definition) is 6. The lowest BCUT2D eigenvalue weighted by molar-refractivity contribution is -0.121. The first-order chi connectivity index (χ1) is 12.1. The van der Waals surface area contributed by atoms with E-state index in [0.29, 0.717) is 37.7 Å². The Balaban J connectivity index is 1.81. The highest BCUT2D eigenvalue weighted by Crippen LogP contribution is 2.20. The Bertz CT molecular complexity index is 655. The van der Waals surface area contributed by atoms with E-state index in [2.05, 4.69) is 20.8 Å². The van der Waals surface area contributed by atoms with E-state index in [1.807, 2.05) is 45.0 Å². The Morgan fingerprint density at radius 3 is 2.72 bits per heavy atom. The third-order valence-electron chi connectivity index (χ3n) is 3.62. The van der Waals surface area contributed by atoms with Gasteiger partial charge in [0.2, 0.25) is 17.6 Å². The molecule has 0 aliphatic rings. The van der Waals surface area contributed by atoms with E-state index < -0.39 is 0 Å². The van der Waals surface area contributed by atoms with Crippen LogP contribution in [0.15, 0.2) is 28.8 Å². The van der Waals surface area contributed by atoms with Crippen molar-refractivity contribution in [2.45, 2.75) is 39.7 Å². The maximum atomic E-state index is 11.9. The fourth-order valence-corrected chi connectivity index (χ4v) is 2.34. The summed E-state index contributed by atoms with van der Waals surface area (Å²) in [5, 5.41) is 10.1. The Labute approximate surface area is 148 Å². The highest BCUT2D eigenvalue weighted by molar-refractivity contribution is 5.76. The van der Waals surface area contributed by atoms with Crippen LogP contribution in [0.1, 0.15) is 33.1 Å². The van der Waals surface area contributed by atoms with Crippen molar-refractivity contribution < 1.29 is 14.1 Å². The second kappa shape index (κ2) is 9.78. The maximum Gasteiger partial charge on any atom is 0.227 e. The lowest BCUT2D eigenvalue weighted by Crippen LogP contribution is -2.38. The number of aryl methyl sites for hydroxylation is 1. The van der Waals surface area contributed by atoms with Gasteiger partial charge in [-0.15, -0.1) is 0 Å². The molecule has 1 amide bonds. The highest BCUT2D eigenvalue weighted by Gasteiger charge is 2.11. The lowest BCUT2D eigenvalue weighted by atomic mass is 10.2. The van der Waals surface area contributed by atoms with Crippen LogP contribution < -0.4 is 15.4 Å². The fraction of sp³-hybridized carbons (Fsp3) is 0.500. The van der Waals surface area contributed by atoms with Gasteiger partial charge in [-0.05, 0) is 44.7 Å². The van der Waals surface area contributed by atoms with Gasteiger partial charge in [-0.25, -0.2) is 0 Å². The van der Waals surface area contributed by atoms with Crippen LogP contribution >= 0.6 is 0 Å². The summed E-state index contributed by atoms with van der Waals surface area (Å²) in [4.78, 5) is 16.2. The first kappa shape index (κ1) is 18.9. The lowest BCUT2D eigenvalue weighted by Gasteiger charge is -2.12. The molecule has 2 rings (SSSR count). The van der Waals surface area contributed by atoms with Crippen LogP contribution in [0.4, 0.5) is 0 Å². The number of benzene rings is 1. The summed E-state index contributed by atoms with van der Waals surface area (Å²) in [6, 6.07) is 7.76. The van der Waals surface area contributed by atoms with Crippen molar-refractivity contribution in [2.24, 2.45) is 0 Å². The highest BCUT2D eigenvalue weighted by atomic mass is 16.5. The molecule has 1 aromatic carbocycles. The number of ether oxygens (including phenoxy) is 1. The molecule has 2 N–H and O–H groups in total. The van der Waals surface area contributed by atoms with Crippen molar-refractivity contribution in [1.29, 1.82) is 0 Å². The first-order valence-electron chi connectivity index (χ1n) is 8.68. The predicted octanol–water partition coefficient (Wildman–Crippen LogP) is 2.18. The number of nitrogens with one attached hydrogen (secondary N) is 2. The second-order valence-corrected chi connectivity index (χ2v) is 5.73. The van der Waals surface area contributed by atoms with Gasteiger partial charge in [-0.1, -0.05) is 12.1 Å². The molecule has 0 aliphatic heterocycles. The van der Waals surface area contributed by atoms with E-state index in [4.69, 9.17) is 9.26 Å². The van der Waals surface area contributed by atoms with E-state index in [1.165, 1.54) is 0 Å². The summed E-state index contributed by atoms with van der Waals surface area (Å²) in [5.74, 6) is 1.75. The first-order valence-corrected chi connectivity index (χ1v) is 8.68. The van der Waals surface area contributed by atoms with Crippen LogP contribution in [0.25, 0.3) is 11.4 Å². The number of amides is 1. The minimum Gasteiger partial charge on any atom is -0.494 e. The number of carbonyl (C=O) groups is 1. The van der Waals surface area contributed by atoms with E-state index >= 15 is 0 Å². The quantitative estimate of drug-likeness (QED) is 0.685. The van der Waals surface area contributed by atoms with Gasteiger partial charge in [0.1, 0.15) is 5.75 Å². The molecule has 0 unspecified atom stereocenters. The molecule has 0 aliphatic carbocycles. The minimum atomic E-state index is -0.0226. The molecule has 2 aromatic rings. The van der Waals surface area contributed by atoms with Gasteiger partial charge in [-0.3, -0.25) is 4.79 Å². The van der Waals surface area contributed by atoms with Crippen molar-refractivity contribution in [3.8, 4) is 17.1 Å². The van der Waals surface area contributed by atoms with Crippen molar-refractivity contribution in [3.63, 3.8) is 0 Å². The SMILES string of the molecule is CCN[C@H](C)CNC(=O)CCc1nc(-c2ccc(OCC)cc2)no1. The number of aromatic nitrogens is 2. The zero-order chi connectivity index (χ0) is 18.1. The van der Waals surface area contributed by atoms with Crippen LogP contribution in [0.3, 0.4) is 0 Å². The average molecular weight is 346 g/mol. The van der Waals surface area contributed by atoms with Gasteiger partial charge >= 0.3 is 0 Å². The Morgan fingerprint density at radius 2 is 2.04 bits per heavy atom. The molecule has 1 heterocycles. The Kier molecular flexibility index (Phi) is 7.40. The van der Waals surface area contributed by atoms with Crippen molar-refractivity contribution >= 4 is 5.91 Å². The molecule has 0 spiro atoms. The number of nitrogens with zero attached hydrogens (tertiary/aromatic N) is 2. The van der Waals surface area contributed by atoms with E-state index in [9.17, 15) is 4.79 Å².